The minimum atomic E-state index is -3.66. The van der Waals surface area contributed by atoms with Crippen LogP contribution >= 0.6 is 11.3 Å². The summed E-state index contributed by atoms with van der Waals surface area (Å²) in [5.74, 6) is 0.562. The highest BCUT2D eigenvalue weighted by molar-refractivity contribution is 7.89. The number of oxazole rings is 1. The van der Waals surface area contributed by atoms with Crippen molar-refractivity contribution in [3.63, 3.8) is 0 Å². The molecule has 1 unspecified atom stereocenters. The molecule has 0 saturated carbocycles. The van der Waals surface area contributed by atoms with Gasteiger partial charge in [0.25, 0.3) is 0 Å². The Hall–Kier alpha value is -2.75. The molecule has 0 fully saturated rings. The zero-order valence-electron chi connectivity index (χ0n) is 15.0. The monoisotopic (exact) mass is 414 g/mol. The van der Waals surface area contributed by atoms with E-state index < -0.39 is 10.0 Å². The number of nitrogens with one attached hydrogen (secondary N) is 1. The van der Waals surface area contributed by atoms with Crippen LogP contribution < -0.4 is 4.72 Å². The van der Waals surface area contributed by atoms with E-state index in [1.54, 1.807) is 59.7 Å². The lowest BCUT2D eigenvalue weighted by Crippen LogP contribution is -2.31. The molecule has 1 N–H and O–H groups in total. The fourth-order valence-electron chi connectivity index (χ4n) is 2.84. The van der Waals surface area contributed by atoms with Crippen molar-refractivity contribution in [2.45, 2.75) is 17.9 Å². The highest BCUT2D eigenvalue weighted by Crippen LogP contribution is 2.24. The second-order valence-corrected chi connectivity index (χ2v) is 8.89. The molecule has 144 valence electrons. The third-order valence-corrected chi connectivity index (χ3v) is 6.67. The van der Waals surface area contributed by atoms with Gasteiger partial charge in [-0.2, -0.15) is 5.10 Å². The van der Waals surface area contributed by atoms with Crippen molar-refractivity contribution in [3.8, 4) is 11.3 Å². The second-order valence-electron chi connectivity index (χ2n) is 6.15. The van der Waals surface area contributed by atoms with Crippen LogP contribution in [-0.4, -0.2) is 29.7 Å². The van der Waals surface area contributed by atoms with E-state index in [0.29, 0.717) is 11.6 Å². The normalized spacial score (nSPS) is 12.9. The minimum Gasteiger partial charge on any atom is -0.449 e. The molecule has 4 aromatic rings. The third kappa shape index (κ3) is 3.91. The molecule has 0 amide bonds. The predicted octanol–water partition coefficient (Wildman–Crippen LogP) is 3.48. The van der Waals surface area contributed by atoms with Gasteiger partial charge >= 0.3 is 0 Å². The van der Waals surface area contributed by atoms with E-state index in [4.69, 9.17) is 4.42 Å². The lowest BCUT2D eigenvalue weighted by Gasteiger charge is -2.17. The Bertz CT molecular complexity index is 1100. The van der Waals surface area contributed by atoms with E-state index in [0.717, 1.165) is 10.4 Å². The first-order valence-electron chi connectivity index (χ1n) is 8.58. The van der Waals surface area contributed by atoms with E-state index >= 15 is 0 Å². The molecule has 0 saturated heterocycles. The van der Waals surface area contributed by atoms with Crippen molar-refractivity contribution in [1.82, 2.24) is 19.5 Å². The maximum atomic E-state index is 12.8. The number of aromatic nitrogens is 3. The number of thiophene rings is 1. The van der Waals surface area contributed by atoms with Crippen molar-refractivity contribution in [2.75, 3.05) is 6.54 Å². The maximum Gasteiger partial charge on any atom is 0.240 e. The Balaban J connectivity index is 1.52. The third-order valence-electron chi connectivity index (χ3n) is 4.26. The summed E-state index contributed by atoms with van der Waals surface area (Å²) in [6.45, 7) is 1.96. The van der Waals surface area contributed by atoms with Crippen LogP contribution in [-0.2, 0) is 10.0 Å². The van der Waals surface area contributed by atoms with Crippen LogP contribution in [0.15, 0.2) is 75.8 Å². The molecule has 0 aliphatic heterocycles. The Morgan fingerprint density at radius 1 is 1.21 bits per heavy atom. The highest BCUT2D eigenvalue weighted by Gasteiger charge is 2.20. The molecule has 7 nitrogen and oxygen atoms in total. The Morgan fingerprint density at radius 2 is 2.04 bits per heavy atom. The predicted molar refractivity (Wildman–Crippen MR) is 107 cm³/mol. The van der Waals surface area contributed by atoms with Crippen LogP contribution in [0, 0.1) is 6.92 Å². The summed E-state index contributed by atoms with van der Waals surface area (Å²) < 4.78 is 35.2. The van der Waals surface area contributed by atoms with Crippen LogP contribution in [0.2, 0.25) is 0 Å². The number of aryl methyl sites for hydroxylation is 1. The molecule has 3 heterocycles. The van der Waals surface area contributed by atoms with Gasteiger partial charge in [0.15, 0.2) is 5.89 Å². The standard InChI is InChI=1S/C19H18N4O3S2/c1-14-22-17(13-26-14)15-5-7-16(8-6-15)28(24,25)21-12-18(19-4-2-11-27-19)23-10-3-9-20-23/h2-11,13,18,21H,12H2,1H3. The SMILES string of the molecule is Cc1nc(-c2ccc(S(=O)(=O)NCC(c3cccs3)n3cccn3)cc2)co1. The van der Waals surface area contributed by atoms with Crippen LogP contribution in [0.3, 0.4) is 0 Å². The molecule has 0 spiro atoms. The quantitative estimate of drug-likeness (QED) is 0.500. The van der Waals surface area contributed by atoms with Crippen LogP contribution in [0.25, 0.3) is 11.3 Å². The summed E-state index contributed by atoms with van der Waals surface area (Å²) in [7, 11) is -3.66. The molecule has 0 aliphatic carbocycles. The molecule has 28 heavy (non-hydrogen) atoms. The summed E-state index contributed by atoms with van der Waals surface area (Å²) in [4.78, 5) is 5.48. The first-order chi connectivity index (χ1) is 13.5. The largest absolute Gasteiger partial charge is 0.449 e. The number of nitrogens with zero attached hydrogens (tertiary/aromatic N) is 3. The fourth-order valence-corrected chi connectivity index (χ4v) is 4.70. The van der Waals surface area contributed by atoms with Gasteiger partial charge < -0.3 is 4.42 Å². The first kappa shape index (κ1) is 18.6. The van der Waals surface area contributed by atoms with Crippen molar-refractivity contribution < 1.29 is 12.8 Å². The highest BCUT2D eigenvalue weighted by atomic mass is 32.2. The van der Waals surface area contributed by atoms with E-state index in [2.05, 4.69) is 14.8 Å². The van der Waals surface area contributed by atoms with Gasteiger partial charge in [-0.3, -0.25) is 4.68 Å². The Kier molecular flexibility index (Phi) is 5.12. The summed E-state index contributed by atoms with van der Waals surface area (Å²) in [5, 5.41) is 6.23. The van der Waals surface area contributed by atoms with Crippen molar-refractivity contribution in [3.05, 3.63) is 77.3 Å². The maximum absolute atomic E-state index is 12.8. The lowest BCUT2D eigenvalue weighted by molar-refractivity contribution is 0.511. The zero-order valence-corrected chi connectivity index (χ0v) is 16.7. The van der Waals surface area contributed by atoms with Crippen LogP contribution in [0.4, 0.5) is 0 Å². The number of benzene rings is 1. The number of rotatable bonds is 7. The number of sulfonamides is 1. The molecule has 1 atom stereocenters. The lowest BCUT2D eigenvalue weighted by atomic mass is 10.2. The average molecular weight is 415 g/mol. The van der Waals surface area contributed by atoms with Crippen LogP contribution in [0.5, 0.6) is 0 Å². The van der Waals surface area contributed by atoms with Gasteiger partial charge in [0.05, 0.1) is 10.9 Å². The number of hydrogen-bond acceptors (Lipinski definition) is 6. The van der Waals surface area contributed by atoms with Crippen molar-refractivity contribution in [1.29, 1.82) is 0 Å². The summed E-state index contributed by atoms with van der Waals surface area (Å²) in [6, 6.07) is 12.1. The average Bonchev–Trinajstić information content (AvgIpc) is 3.45. The number of hydrogen-bond donors (Lipinski definition) is 1. The molecule has 0 aliphatic rings. The van der Waals surface area contributed by atoms with Gasteiger partial charge in [-0.1, -0.05) is 18.2 Å². The minimum absolute atomic E-state index is 0.196. The summed E-state index contributed by atoms with van der Waals surface area (Å²) >= 11 is 1.57. The van der Waals surface area contributed by atoms with Crippen molar-refractivity contribution >= 4 is 21.4 Å². The van der Waals surface area contributed by atoms with E-state index in [1.165, 1.54) is 0 Å². The fraction of sp³-hybridized carbons (Fsp3) is 0.158. The van der Waals surface area contributed by atoms with Gasteiger partial charge in [0.1, 0.15) is 12.0 Å². The summed E-state index contributed by atoms with van der Waals surface area (Å²) in [6.07, 6.45) is 5.06. The van der Waals surface area contributed by atoms with Gasteiger partial charge in [-0.15, -0.1) is 11.3 Å². The Morgan fingerprint density at radius 3 is 2.64 bits per heavy atom. The molecule has 9 heteroatoms. The zero-order chi connectivity index (χ0) is 19.6. The van der Waals surface area contributed by atoms with E-state index in [1.807, 2.05) is 29.8 Å². The molecule has 0 bridgehead atoms. The smallest absolute Gasteiger partial charge is 0.240 e. The topological polar surface area (TPSA) is 90.0 Å². The van der Waals surface area contributed by atoms with E-state index in [9.17, 15) is 8.42 Å². The van der Waals surface area contributed by atoms with Gasteiger partial charge in [0, 0.05) is 36.3 Å². The van der Waals surface area contributed by atoms with Gasteiger partial charge in [-0.25, -0.2) is 18.1 Å². The second kappa shape index (κ2) is 7.70. The van der Waals surface area contributed by atoms with Crippen LogP contribution in [0.1, 0.15) is 16.8 Å². The molecular formula is C19H18N4O3S2. The molecule has 1 aromatic carbocycles. The molecule has 3 aromatic heterocycles. The van der Waals surface area contributed by atoms with Gasteiger partial charge in [-0.05, 0) is 29.6 Å². The molecular weight excluding hydrogens is 396 g/mol. The molecule has 0 radical (unpaired) electrons. The van der Waals surface area contributed by atoms with Crippen molar-refractivity contribution in [2.24, 2.45) is 0 Å². The van der Waals surface area contributed by atoms with Gasteiger partial charge in [0.2, 0.25) is 10.0 Å². The summed E-state index contributed by atoms with van der Waals surface area (Å²) in [5.41, 5.74) is 1.47. The first-order valence-corrected chi connectivity index (χ1v) is 10.9. The Labute approximate surface area is 166 Å². The van der Waals surface area contributed by atoms with E-state index in [-0.39, 0.29) is 17.5 Å². The molecule has 4 rings (SSSR count).